The van der Waals surface area contributed by atoms with Crippen molar-refractivity contribution in [2.24, 2.45) is 5.92 Å². The first-order valence-corrected chi connectivity index (χ1v) is 10.7. The SMILES string of the molecule is CCc1ccccc1NC(=O)C1CCCN(C(=O)C2CC(c3ccccn3)NN2)C1. The highest BCUT2D eigenvalue weighted by Gasteiger charge is 2.36. The number of rotatable bonds is 5. The largest absolute Gasteiger partial charge is 0.341 e. The third-order valence-corrected chi connectivity index (χ3v) is 6.01. The minimum atomic E-state index is -0.306. The summed E-state index contributed by atoms with van der Waals surface area (Å²) in [4.78, 5) is 32.2. The smallest absolute Gasteiger partial charge is 0.241 e. The highest BCUT2D eigenvalue weighted by molar-refractivity contribution is 5.94. The maximum absolute atomic E-state index is 13.1. The number of hydrogen-bond donors (Lipinski definition) is 3. The van der Waals surface area contributed by atoms with Gasteiger partial charge < -0.3 is 10.2 Å². The second kappa shape index (κ2) is 9.36. The van der Waals surface area contributed by atoms with Crippen LogP contribution < -0.4 is 16.2 Å². The van der Waals surface area contributed by atoms with Crippen molar-refractivity contribution in [1.82, 2.24) is 20.7 Å². The van der Waals surface area contributed by atoms with E-state index in [0.29, 0.717) is 19.5 Å². The lowest BCUT2D eigenvalue weighted by Crippen LogP contribution is -2.50. The molecular formula is C23H29N5O2. The number of pyridine rings is 1. The Labute approximate surface area is 177 Å². The van der Waals surface area contributed by atoms with E-state index in [1.165, 1.54) is 0 Å². The number of para-hydroxylation sites is 1. The molecule has 0 spiro atoms. The molecule has 7 heteroatoms. The molecule has 1 aromatic carbocycles. The van der Waals surface area contributed by atoms with Gasteiger partial charge >= 0.3 is 0 Å². The van der Waals surface area contributed by atoms with Crippen LogP contribution in [0.25, 0.3) is 0 Å². The molecule has 158 valence electrons. The molecular weight excluding hydrogens is 378 g/mol. The van der Waals surface area contributed by atoms with Crippen LogP contribution in [0.2, 0.25) is 0 Å². The summed E-state index contributed by atoms with van der Waals surface area (Å²) in [6, 6.07) is 13.4. The summed E-state index contributed by atoms with van der Waals surface area (Å²) in [5.74, 6) is -0.141. The number of amides is 2. The van der Waals surface area contributed by atoms with Crippen molar-refractivity contribution in [3.8, 4) is 0 Å². The number of nitrogens with one attached hydrogen (secondary N) is 3. The summed E-state index contributed by atoms with van der Waals surface area (Å²) in [6.45, 7) is 3.23. The highest BCUT2D eigenvalue weighted by Crippen LogP contribution is 2.25. The van der Waals surface area contributed by atoms with Gasteiger partial charge in [0.25, 0.3) is 0 Å². The Morgan fingerprint density at radius 2 is 2.00 bits per heavy atom. The Balaban J connectivity index is 1.35. The fraction of sp³-hybridized carbons (Fsp3) is 0.435. The van der Waals surface area contributed by atoms with Crippen LogP contribution >= 0.6 is 0 Å². The van der Waals surface area contributed by atoms with Crippen molar-refractivity contribution >= 4 is 17.5 Å². The molecule has 2 aliphatic rings. The Morgan fingerprint density at radius 3 is 2.80 bits per heavy atom. The molecule has 3 heterocycles. The molecule has 0 bridgehead atoms. The molecule has 2 saturated heterocycles. The molecule has 3 unspecified atom stereocenters. The van der Waals surface area contributed by atoms with Gasteiger partial charge in [-0.05, 0) is 49.4 Å². The number of aromatic nitrogens is 1. The quantitative estimate of drug-likeness (QED) is 0.709. The Bertz CT molecular complexity index is 888. The van der Waals surface area contributed by atoms with Gasteiger partial charge in [0.1, 0.15) is 6.04 Å². The zero-order valence-electron chi connectivity index (χ0n) is 17.3. The lowest BCUT2D eigenvalue weighted by atomic mass is 9.95. The van der Waals surface area contributed by atoms with Crippen LogP contribution in [-0.2, 0) is 16.0 Å². The number of carbonyl (C=O) groups excluding carboxylic acids is 2. The number of aryl methyl sites for hydroxylation is 1. The second-order valence-corrected chi connectivity index (χ2v) is 8.01. The predicted molar refractivity (Wildman–Crippen MR) is 115 cm³/mol. The topological polar surface area (TPSA) is 86.4 Å². The third kappa shape index (κ3) is 4.52. The first-order chi connectivity index (χ1) is 14.7. The first-order valence-electron chi connectivity index (χ1n) is 10.7. The molecule has 2 amide bonds. The lowest BCUT2D eigenvalue weighted by molar-refractivity contribution is -0.136. The normalized spacial score (nSPS) is 23.9. The first kappa shape index (κ1) is 20.5. The number of carbonyl (C=O) groups is 2. The summed E-state index contributed by atoms with van der Waals surface area (Å²) in [5.41, 5.74) is 9.21. The zero-order chi connectivity index (χ0) is 20.9. The van der Waals surface area contributed by atoms with Crippen LogP contribution in [0.15, 0.2) is 48.7 Å². The molecule has 4 rings (SSSR count). The van der Waals surface area contributed by atoms with Crippen LogP contribution in [-0.4, -0.2) is 40.8 Å². The average molecular weight is 408 g/mol. The van der Waals surface area contributed by atoms with E-state index < -0.39 is 0 Å². The maximum atomic E-state index is 13.1. The van der Waals surface area contributed by atoms with Gasteiger partial charge in [-0.3, -0.25) is 14.6 Å². The molecule has 2 aromatic rings. The van der Waals surface area contributed by atoms with E-state index in [1.807, 2.05) is 47.4 Å². The molecule has 0 saturated carbocycles. The van der Waals surface area contributed by atoms with Crippen molar-refractivity contribution in [3.05, 3.63) is 59.9 Å². The summed E-state index contributed by atoms with van der Waals surface area (Å²) in [7, 11) is 0. The summed E-state index contributed by atoms with van der Waals surface area (Å²) in [5, 5.41) is 3.08. The standard InChI is InChI=1S/C23H29N5O2/c1-2-16-8-3-4-10-18(16)25-22(29)17-9-7-13-28(15-17)23(30)21-14-20(26-27-21)19-11-5-6-12-24-19/h3-6,8,10-12,17,20-21,26-27H,2,7,9,13-15H2,1H3,(H,25,29). The number of benzene rings is 1. The molecule has 3 N–H and O–H groups in total. The summed E-state index contributed by atoms with van der Waals surface area (Å²) in [6.07, 6.45) is 4.91. The van der Waals surface area contributed by atoms with Crippen LogP contribution in [0.4, 0.5) is 5.69 Å². The van der Waals surface area contributed by atoms with Gasteiger partial charge in [-0.2, -0.15) is 0 Å². The summed E-state index contributed by atoms with van der Waals surface area (Å²) >= 11 is 0. The van der Waals surface area contributed by atoms with Crippen LogP contribution in [0, 0.1) is 5.92 Å². The van der Waals surface area contributed by atoms with E-state index in [0.717, 1.165) is 36.2 Å². The van der Waals surface area contributed by atoms with E-state index in [4.69, 9.17) is 0 Å². The maximum Gasteiger partial charge on any atom is 0.241 e. The average Bonchev–Trinajstić information content (AvgIpc) is 3.30. The molecule has 3 atom stereocenters. The third-order valence-electron chi connectivity index (χ3n) is 6.01. The van der Waals surface area contributed by atoms with Gasteiger partial charge in [-0.25, -0.2) is 10.9 Å². The van der Waals surface area contributed by atoms with Gasteiger partial charge in [0.05, 0.1) is 17.7 Å². The van der Waals surface area contributed by atoms with E-state index in [2.05, 4.69) is 28.1 Å². The molecule has 30 heavy (non-hydrogen) atoms. The number of anilines is 1. The van der Waals surface area contributed by atoms with E-state index >= 15 is 0 Å². The van der Waals surface area contributed by atoms with Gasteiger partial charge in [0.15, 0.2) is 0 Å². The van der Waals surface area contributed by atoms with Crippen LogP contribution in [0.1, 0.15) is 43.5 Å². The summed E-state index contributed by atoms with van der Waals surface area (Å²) < 4.78 is 0. The number of nitrogens with zero attached hydrogens (tertiary/aromatic N) is 2. The van der Waals surface area contributed by atoms with Gasteiger partial charge in [-0.15, -0.1) is 0 Å². The molecule has 0 radical (unpaired) electrons. The van der Waals surface area contributed by atoms with Gasteiger partial charge in [-0.1, -0.05) is 31.2 Å². The highest BCUT2D eigenvalue weighted by atomic mass is 16.2. The zero-order valence-corrected chi connectivity index (χ0v) is 17.3. The monoisotopic (exact) mass is 407 g/mol. The number of piperidine rings is 1. The van der Waals surface area contributed by atoms with Crippen LogP contribution in [0.5, 0.6) is 0 Å². The molecule has 2 fully saturated rings. The van der Waals surface area contributed by atoms with E-state index in [-0.39, 0.29) is 29.8 Å². The van der Waals surface area contributed by atoms with E-state index in [9.17, 15) is 9.59 Å². The van der Waals surface area contributed by atoms with Crippen LogP contribution in [0.3, 0.4) is 0 Å². The second-order valence-electron chi connectivity index (χ2n) is 8.01. The molecule has 2 aliphatic heterocycles. The van der Waals surface area contributed by atoms with Gasteiger partial charge in [0, 0.05) is 25.0 Å². The Kier molecular flexibility index (Phi) is 6.40. The molecule has 1 aromatic heterocycles. The van der Waals surface area contributed by atoms with Gasteiger partial charge in [0.2, 0.25) is 11.8 Å². The number of hydrazine groups is 1. The van der Waals surface area contributed by atoms with Crippen molar-refractivity contribution in [3.63, 3.8) is 0 Å². The van der Waals surface area contributed by atoms with E-state index in [1.54, 1.807) is 6.20 Å². The number of hydrogen-bond acceptors (Lipinski definition) is 5. The van der Waals surface area contributed by atoms with Crippen molar-refractivity contribution in [2.75, 3.05) is 18.4 Å². The molecule has 7 nitrogen and oxygen atoms in total. The van der Waals surface area contributed by atoms with Crippen molar-refractivity contribution < 1.29 is 9.59 Å². The predicted octanol–water partition coefficient (Wildman–Crippen LogP) is 2.43. The fourth-order valence-electron chi connectivity index (χ4n) is 4.29. The Morgan fingerprint density at radius 1 is 1.17 bits per heavy atom. The molecule has 0 aliphatic carbocycles. The fourth-order valence-corrected chi connectivity index (χ4v) is 4.29. The van der Waals surface area contributed by atoms with Crippen molar-refractivity contribution in [2.45, 2.75) is 44.7 Å². The lowest BCUT2D eigenvalue weighted by Gasteiger charge is -2.33. The Hall–Kier alpha value is -2.77. The number of likely N-dealkylation sites (tertiary alicyclic amines) is 1. The minimum absolute atomic E-state index is 0.00253. The van der Waals surface area contributed by atoms with Crippen molar-refractivity contribution in [1.29, 1.82) is 0 Å². The minimum Gasteiger partial charge on any atom is -0.341 e.